The van der Waals surface area contributed by atoms with Crippen molar-refractivity contribution in [2.24, 2.45) is 0 Å². The number of rotatable bonds is 2. The fraction of sp³-hybridized carbons (Fsp3) is 0.625. The number of aromatic nitrogens is 3. The van der Waals surface area contributed by atoms with Gasteiger partial charge in [0.05, 0.1) is 12.2 Å². The molecule has 14 heavy (non-hydrogen) atoms. The lowest BCUT2D eigenvalue weighted by molar-refractivity contribution is 0.0958. The largest absolute Gasteiger partial charge is 0.354 e. The van der Waals surface area contributed by atoms with Crippen molar-refractivity contribution in [2.45, 2.75) is 12.5 Å². The molecule has 1 amide bonds. The van der Waals surface area contributed by atoms with Crippen molar-refractivity contribution in [3.05, 3.63) is 11.9 Å². The Hall–Kier alpha value is -1.43. The van der Waals surface area contributed by atoms with Gasteiger partial charge in [-0.1, -0.05) is 5.21 Å². The van der Waals surface area contributed by atoms with Crippen LogP contribution in [0.4, 0.5) is 0 Å². The summed E-state index contributed by atoms with van der Waals surface area (Å²) in [5.41, 5.74) is 0.374. The van der Waals surface area contributed by atoms with Crippen LogP contribution < -0.4 is 10.6 Å². The lowest BCUT2D eigenvalue weighted by atomic mass is 10.3. The van der Waals surface area contributed by atoms with Crippen LogP contribution in [0.5, 0.6) is 0 Å². The highest BCUT2D eigenvalue weighted by atomic mass is 16.1. The number of nitrogens with zero attached hydrogens (tertiary/aromatic N) is 3. The summed E-state index contributed by atoms with van der Waals surface area (Å²) in [6.07, 6.45) is 2.73. The van der Waals surface area contributed by atoms with E-state index in [0.717, 1.165) is 19.5 Å². The van der Waals surface area contributed by atoms with Crippen molar-refractivity contribution in [3.63, 3.8) is 0 Å². The molecule has 76 valence electrons. The van der Waals surface area contributed by atoms with E-state index in [1.807, 2.05) is 0 Å². The van der Waals surface area contributed by atoms with Gasteiger partial charge in [-0.2, -0.15) is 0 Å². The zero-order valence-corrected chi connectivity index (χ0v) is 8.03. The van der Waals surface area contributed by atoms with Crippen molar-refractivity contribution in [2.75, 3.05) is 20.1 Å². The average Bonchev–Trinajstić information content (AvgIpc) is 2.86. The molecule has 1 atom stereocenters. The van der Waals surface area contributed by atoms with Crippen molar-refractivity contribution >= 4 is 5.91 Å². The number of hydrogen-bond acceptors (Lipinski definition) is 4. The predicted molar refractivity (Wildman–Crippen MR) is 49.9 cm³/mol. The van der Waals surface area contributed by atoms with Gasteiger partial charge in [-0.05, 0) is 13.0 Å². The Morgan fingerprint density at radius 2 is 2.64 bits per heavy atom. The molecular formula is C8H13N5O. The first kappa shape index (κ1) is 9.14. The average molecular weight is 195 g/mol. The maximum absolute atomic E-state index is 11.2. The van der Waals surface area contributed by atoms with E-state index in [4.69, 9.17) is 0 Å². The van der Waals surface area contributed by atoms with Crippen LogP contribution in [0.3, 0.4) is 0 Å². The first-order valence-electron chi connectivity index (χ1n) is 4.66. The van der Waals surface area contributed by atoms with Crippen LogP contribution in [-0.4, -0.2) is 41.0 Å². The summed E-state index contributed by atoms with van der Waals surface area (Å²) in [6.45, 7) is 1.90. The third-order valence-corrected chi connectivity index (χ3v) is 2.38. The van der Waals surface area contributed by atoms with E-state index in [-0.39, 0.29) is 5.91 Å². The molecule has 0 bridgehead atoms. The van der Waals surface area contributed by atoms with Crippen molar-refractivity contribution < 1.29 is 4.79 Å². The third-order valence-electron chi connectivity index (χ3n) is 2.38. The van der Waals surface area contributed by atoms with Crippen molar-refractivity contribution in [3.8, 4) is 0 Å². The maximum atomic E-state index is 11.2. The van der Waals surface area contributed by atoms with Gasteiger partial charge in [-0.25, -0.2) is 4.68 Å². The Bertz CT molecular complexity index is 328. The van der Waals surface area contributed by atoms with Crippen LogP contribution in [0.15, 0.2) is 6.20 Å². The molecule has 0 aromatic carbocycles. The second-order valence-corrected chi connectivity index (χ2v) is 3.31. The zero-order chi connectivity index (χ0) is 9.97. The van der Waals surface area contributed by atoms with Crippen LogP contribution in [0.2, 0.25) is 0 Å². The molecule has 1 aromatic rings. The Kier molecular flexibility index (Phi) is 2.45. The maximum Gasteiger partial charge on any atom is 0.273 e. The Balaban J connectivity index is 2.12. The summed E-state index contributed by atoms with van der Waals surface area (Å²) in [4.78, 5) is 11.2. The number of carbonyl (C=O) groups is 1. The highest BCUT2D eigenvalue weighted by Gasteiger charge is 2.19. The number of amides is 1. The Morgan fingerprint density at radius 3 is 3.29 bits per heavy atom. The molecule has 6 nitrogen and oxygen atoms in total. The monoisotopic (exact) mass is 195 g/mol. The number of nitrogens with one attached hydrogen (secondary N) is 2. The molecule has 1 saturated heterocycles. The van der Waals surface area contributed by atoms with Crippen LogP contribution in [-0.2, 0) is 0 Å². The highest BCUT2D eigenvalue weighted by Crippen LogP contribution is 2.13. The molecule has 2 rings (SSSR count). The third kappa shape index (κ3) is 1.60. The standard InChI is InChI=1S/C8H13N5O/c1-9-8(14)7-5-13(12-11-7)6-2-3-10-4-6/h5-6,10H,2-4H2,1H3,(H,9,14)/t6-/m0/s1. The minimum absolute atomic E-state index is 0.192. The summed E-state index contributed by atoms with van der Waals surface area (Å²) < 4.78 is 1.75. The fourth-order valence-corrected chi connectivity index (χ4v) is 1.55. The van der Waals surface area contributed by atoms with Crippen molar-refractivity contribution in [1.82, 2.24) is 25.6 Å². The van der Waals surface area contributed by atoms with Gasteiger partial charge < -0.3 is 10.6 Å². The van der Waals surface area contributed by atoms with E-state index in [0.29, 0.717) is 11.7 Å². The molecule has 0 spiro atoms. The normalized spacial score (nSPS) is 21.1. The number of carbonyl (C=O) groups excluding carboxylic acids is 1. The van der Waals surface area contributed by atoms with Gasteiger partial charge in [-0.3, -0.25) is 4.79 Å². The molecule has 1 aliphatic heterocycles. The quantitative estimate of drug-likeness (QED) is 0.646. The van der Waals surface area contributed by atoms with E-state index in [1.165, 1.54) is 0 Å². The van der Waals surface area contributed by atoms with E-state index >= 15 is 0 Å². The van der Waals surface area contributed by atoms with Crippen LogP contribution in [0, 0.1) is 0 Å². The summed E-state index contributed by atoms with van der Waals surface area (Å²) in [6, 6.07) is 0.334. The van der Waals surface area contributed by atoms with Gasteiger partial charge in [0.1, 0.15) is 0 Å². The first-order chi connectivity index (χ1) is 6.81. The number of hydrogen-bond donors (Lipinski definition) is 2. The molecule has 0 aliphatic carbocycles. The lowest BCUT2D eigenvalue weighted by Gasteiger charge is -2.05. The minimum Gasteiger partial charge on any atom is -0.354 e. The van der Waals surface area contributed by atoms with Gasteiger partial charge in [-0.15, -0.1) is 5.10 Å². The van der Waals surface area contributed by atoms with Gasteiger partial charge >= 0.3 is 0 Å². The summed E-state index contributed by atoms with van der Waals surface area (Å²) in [5, 5.41) is 13.5. The van der Waals surface area contributed by atoms with E-state index < -0.39 is 0 Å². The summed E-state index contributed by atoms with van der Waals surface area (Å²) in [7, 11) is 1.58. The van der Waals surface area contributed by atoms with E-state index in [2.05, 4.69) is 20.9 Å². The Morgan fingerprint density at radius 1 is 1.79 bits per heavy atom. The minimum atomic E-state index is -0.192. The van der Waals surface area contributed by atoms with Crippen LogP contribution >= 0.6 is 0 Å². The van der Waals surface area contributed by atoms with Crippen LogP contribution in [0.1, 0.15) is 23.0 Å². The predicted octanol–water partition coefficient (Wildman–Crippen LogP) is -0.828. The highest BCUT2D eigenvalue weighted by molar-refractivity contribution is 5.91. The molecule has 0 saturated carbocycles. The molecule has 2 N–H and O–H groups in total. The van der Waals surface area contributed by atoms with E-state index in [9.17, 15) is 4.79 Å². The SMILES string of the molecule is CNC(=O)c1cn([C@H]2CCNC2)nn1. The molecule has 0 unspecified atom stereocenters. The topological polar surface area (TPSA) is 71.8 Å². The zero-order valence-electron chi connectivity index (χ0n) is 8.03. The smallest absolute Gasteiger partial charge is 0.273 e. The van der Waals surface area contributed by atoms with E-state index in [1.54, 1.807) is 17.9 Å². The summed E-state index contributed by atoms with van der Waals surface area (Å²) >= 11 is 0. The second kappa shape index (κ2) is 3.75. The van der Waals surface area contributed by atoms with Crippen LogP contribution in [0.25, 0.3) is 0 Å². The van der Waals surface area contributed by atoms with Gasteiger partial charge in [0.25, 0.3) is 5.91 Å². The summed E-state index contributed by atoms with van der Waals surface area (Å²) in [5.74, 6) is -0.192. The van der Waals surface area contributed by atoms with Gasteiger partial charge in [0, 0.05) is 13.6 Å². The van der Waals surface area contributed by atoms with Gasteiger partial charge in [0.15, 0.2) is 5.69 Å². The molecule has 1 aromatic heterocycles. The fourth-order valence-electron chi connectivity index (χ4n) is 1.55. The second-order valence-electron chi connectivity index (χ2n) is 3.31. The molecule has 6 heteroatoms. The Labute approximate surface area is 81.7 Å². The van der Waals surface area contributed by atoms with Crippen molar-refractivity contribution in [1.29, 1.82) is 0 Å². The lowest BCUT2D eigenvalue weighted by Crippen LogP contribution is -2.18. The van der Waals surface area contributed by atoms with Gasteiger partial charge in [0.2, 0.25) is 0 Å². The molecular weight excluding hydrogens is 182 g/mol. The first-order valence-corrected chi connectivity index (χ1v) is 4.66. The molecule has 2 heterocycles. The molecule has 0 radical (unpaired) electrons. The molecule has 1 fully saturated rings. The molecule has 1 aliphatic rings.